The van der Waals surface area contributed by atoms with Crippen molar-refractivity contribution in [3.05, 3.63) is 35.0 Å². The van der Waals surface area contributed by atoms with Gasteiger partial charge in [0.05, 0.1) is 24.4 Å². The second-order valence-corrected chi connectivity index (χ2v) is 9.92. The number of rotatable bonds is 7. The van der Waals surface area contributed by atoms with Crippen molar-refractivity contribution >= 4 is 17.7 Å². The number of benzene rings is 1. The normalized spacial score (nSPS) is 22.7. The van der Waals surface area contributed by atoms with Crippen molar-refractivity contribution in [1.82, 2.24) is 9.91 Å². The number of fused-ring (bicyclic) bond motifs is 1. The van der Waals surface area contributed by atoms with Gasteiger partial charge >= 0.3 is 0 Å². The third-order valence-corrected chi connectivity index (χ3v) is 7.23. The lowest BCUT2D eigenvalue weighted by Crippen LogP contribution is -2.41. The van der Waals surface area contributed by atoms with Crippen LogP contribution in [0.15, 0.2) is 39.5 Å². The molecule has 8 heteroatoms. The molecule has 0 radical (unpaired) electrons. The van der Waals surface area contributed by atoms with Crippen molar-refractivity contribution < 1.29 is 9.84 Å². The van der Waals surface area contributed by atoms with E-state index in [-0.39, 0.29) is 6.61 Å². The number of hydrogen-bond donors (Lipinski definition) is 2. The summed E-state index contributed by atoms with van der Waals surface area (Å²) in [6.45, 7) is 8.81. The van der Waals surface area contributed by atoms with Gasteiger partial charge in [0, 0.05) is 37.1 Å². The van der Waals surface area contributed by atoms with Crippen LogP contribution in [0.5, 0.6) is 5.75 Å². The van der Waals surface area contributed by atoms with Crippen molar-refractivity contribution in [2.75, 3.05) is 57.9 Å². The average Bonchev–Trinajstić information content (AvgIpc) is 3.22. The SMILES string of the molecule is CC(C)=C(CN(N)CCO)N=C1N=CCOc2cc(N3CCCC3C3CCN(C)CC3)ccc21. The van der Waals surface area contributed by atoms with Crippen LogP contribution in [0.2, 0.25) is 0 Å². The smallest absolute Gasteiger partial charge is 0.162 e. The van der Waals surface area contributed by atoms with E-state index in [9.17, 15) is 5.11 Å². The fourth-order valence-corrected chi connectivity index (χ4v) is 5.25. The van der Waals surface area contributed by atoms with E-state index in [2.05, 4.69) is 40.0 Å². The highest BCUT2D eigenvalue weighted by atomic mass is 16.5. The molecule has 0 aliphatic carbocycles. The number of anilines is 1. The largest absolute Gasteiger partial charge is 0.487 e. The van der Waals surface area contributed by atoms with E-state index in [0.717, 1.165) is 35.0 Å². The molecular weight excluding hydrogens is 428 g/mol. The Labute approximate surface area is 203 Å². The Hall–Kier alpha value is -2.26. The van der Waals surface area contributed by atoms with Gasteiger partial charge in [-0.1, -0.05) is 5.57 Å². The van der Waals surface area contributed by atoms with Crippen LogP contribution in [0.25, 0.3) is 0 Å². The van der Waals surface area contributed by atoms with Crippen LogP contribution in [0, 0.1) is 5.92 Å². The van der Waals surface area contributed by atoms with E-state index in [1.54, 1.807) is 11.2 Å². The Morgan fingerprint density at radius 2 is 2.03 bits per heavy atom. The van der Waals surface area contributed by atoms with Crippen molar-refractivity contribution in [2.45, 2.75) is 45.6 Å². The molecule has 3 aliphatic rings. The predicted molar refractivity (Wildman–Crippen MR) is 139 cm³/mol. The zero-order valence-electron chi connectivity index (χ0n) is 20.9. The van der Waals surface area contributed by atoms with E-state index in [1.165, 1.54) is 44.5 Å². The maximum atomic E-state index is 9.19. The number of piperidine rings is 1. The Bertz CT molecular complexity index is 931. The van der Waals surface area contributed by atoms with Gasteiger partial charge in [0.15, 0.2) is 5.84 Å². The second kappa shape index (κ2) is 11.4. The molecule has 3 aliphatic heterocycles. The lowest BCUT2D eigenvalue weighted by Gasteiger charge is -2.38. The van der Waals surface area contributed by atoms with Crippen LogP contribution in [0.1, 0.15) is 45.1 Å². The summed E-state index contributed by atoms with van der Waals surface area (Å²) in [5.41, 5.74) is 4.05. The van der Waals surface area contributed by atoms with Gasteiger partial charge in [-0.15, -0.1) is 0 Å². The fraction of sp³-hybridized carbons (Fsp3) is 0.615. The minimum absolute atomic E-state index is 0.00969. The summed E-state index contributed by atoms with van der Waals surface area (Å²) >= 11 is 0. The van der Waals surface area contributed by atoms with Gasteiger partial charge in [0.2, 0.25) is 0 Å². The fourth-order valence-electron chi connectivity index (χ4n) is 5.25. The molecule has 34 heavy (non-hydrogen) atoms. The number of ether oxygens (including phenoxy) is 1. The van der Waals surface area contributed by atoms with Gasteiger partial charge in [0.25, 0.3) is 0 Å². The summed E-state index contributed by atoms with van der Waals surface area (Å²) in [5.74, 6) is 8.25. The maximum absolute atomic E-state index is 9.19. The molecular formula is C26H40N6O2. The van der Waals surface area contributed by atoms with E-state index < -0.39 is 0 Å². The number of amidine groups is 1. The first-order valence-corrected chi connectivity index (χ1v) is 12.6. The summed E-state index contributed by atoms with van der Waals surface area (Å²) in [4.78, 5) is 14.5. The van der Waals surface area contributed by atoms with E-state index in [0.29, 0.717) is 31.6 Å². The number of allylic oxidation sites excluding steroid dienone is 1. The molecule has 4 rings (SSSR count). The molecule has 2 saturated heterocycles. The van der Waals surface area contributed by atoms with Gasteiger partial charge in [-0.3, -0.25) is 5.84 Å². The summed E-state index contributed by atoms with van der Waals surface area (Å²) in [7, 11) is 2.23. The van der Waals surface area contributed by atoms with Crippen LogP contribution in [0.3, 0.4) is 0 Å². The number of hydrazine groups is 1. The molecule has 2 fully saturated rings. The van der Waals surface area contributed by atoms with Crippen LogP contribution >= 0.6 is 0 Å². The molecule has 3 heterocycles. The third kappa shape index (κ3) is 5.86. The molecule has 1 atom stereocenters. The van der Waals surface area contributed by atoms with Crippen LogP contribution < -0.4 is 15.5 Å². The van der Waals surface area contributed by atoms with Gasteiger partial charge in [0.1, 0.15) is 12.4 Å². The quantitative estimate of drug-likeness (QED) is 0.472. The van der Waals surface area contributed by atoms with Crippen molar-refractivity contribution in [2.24, 2.45) is 21.7 Å². The van der Waals surface area contributed by atoms with E-state index in [1.807, 2.05) is 13.8 Å². The summed E-state index contributed by atoms with van der Waals surface area (Å²) in [6, 6.07) is 7.10. The molecule has 0 aromatic heterocycles. The molecule has 0 spiro atoms. The first-order chi connectivity index (χ1) is 16.5. The molecule has 0 bridgehead atoms. The minimum Gasteiger partial charge on any atom is -0.487 e. The number of nitrogens with two attached hydrogens (primary N) is 1. The number of aliphatic hydroxyl groups excluding tert-OH is 1. The second-order valence-electron chi connectivity index (χ2n) is 9.92. The highest BCUT2D eigenvalue weighted by molar-refractivity contribution is 6.06. The average molecular weight is 469 g/mol. The molecule has 1 aromatic carbocycles. The molecule has 1 aromatic rings. The van der Waals surface area contributed by atoms with Crippen molar-refractivity contribution in [3.63, 3.8) is 0 Å². The number of aliphatic imine (C=N–C) groups is 2. The van der Waals surface area contributed by atoms with E-state index in [4.69, 9.17) is 15.6 Å². The number of aliphatic hydroxyl groups is 1. The summed E-state index contributed by atoms with van der Waals surface area (Å²) in [5, 5.41) is 10.8. The molecule has 8 nitrogen and oxygen atoms in total. The monoisotopic (exact) mass is 468 g/mol. The zero-order valence-corrected chi connectivity index (χ0v) is 20.9. The van der Waals surface area contributed by atoms with Crippen molar-refractivity contribution in [1.29, 1.82) is 0 Å². The topological polar surface area (TPSA) is 89.9 Å². The molecule has 186 valence electrons. The predicted octanol–water partition coefficient (Wildman–Crippen LogP) is 2.67. The lowest BCUT2D eigenvalue weighted by atomic mass is 9.88. The van der Waals surface area contributed by atoms with Crippen molar-refractivity contribution in [3.8, 4) is 5.75 Å². The minimum atomic E-state index is 0.00969. The van der Waals surface area contributed by atoms with E-state index >= 15 is 0 Å². The molecule has 1 unspecified atom stereocenters. The van der Waals surface area contributed by atoms with Gasteiger partial charge in [-0.2, -0.15) is 0 Å². The van der Waals surface area contributed by atoms with Crippen LogP contribution in [-0.2, 0) is 0 Å². The molecule has 0 saturated carbocycles. The highest BCUT2D eigenvalue weighted by Crippen LogP contribution is 2.37. The molecule has 3 N–H and O–H groups in total. The molecule has 0 amide bonds. The number of nitrogens with zero attached hydrogens (tertiary/aromatic N) is 5. The van der Waals surface area contributed by atoms with Crippen LogP contribution in [-0.4, -0.2) is 86.1 Å². The number of hydrogen-bond acceptors (Lipinski definition) is 7. The lowest BCUT2D eigenvalue weighted by molar-refractivity contribution is 0.199. The van der Waals surface area contributed by atoms with Gasteiger partial charge in [-0.05, 0) is 77.7 Å². The zero-order chi connectivity index (χ0) is 24.1. The maximum Gasteiger partial charge on any atom is 0.162 e. The Balaban J connectivity index is 1.58. The standard InChI is InChI=1S/C26H40N6O2/c1-19(2)23(18-31(27)14-15-33)29-26-22-7-6-21(17-25(22)34-16-10-28-26)32-11-4-5-24(32)20-8-12-30(3)13-9-20/h6-7,10,17,20,24,33H,4-5,8-9,11-16,18,27H2,1-3H3. The van der Waals surface area contributed by atoms with Gasteiger partial charge in [-0.25, -0.2) is 15.0 Å². The first-order valence-electron chi connectivity index (χ1n) is 12.6. The summed E-state index contributed by atoms with van der Waals surface area (Å²) in [6.07, 6.45) is 6.85. The number of likely N-dealkylation sites (tertiary alicyclic amines) is 1. The van der Waals surface area contributed by atoms with Gasteiger partial charge < -0.3 is 19.6 Å². The summed E-state index contributed by atoms with van der Waals surface area (Å²) < 4.78 is 6.09. The Kier molecular flexibility index (Phi) is 8.37. The first kappa shape index (κ1) is 24.9. The Morgan fingerprint density at radius 3 is 2.76 bits per heavy atom. The third-order valence-electron chi connectivity index (χ3n) is 7.23. The van der Waals surface area contributed by atoms with Crippen LogP contribution in [0.4, 0.5) is 5.69 Å². The highest BCUT2D eigenvalue weighted by Gasteiger charge is 2.34. The Morgan fingerprint density at radius 1 is 1.24 bits per heavy atom.